The number of nitrogens with one attached hydrogen (secondary N) is 1. The van der Waals surface area contributed by atoms with Crippen LogP contribution in [-0.2, 0) is 0 Å². The van der Waals surface area contributed by atoms with Gasteiger partial charge in [-0.15, -0.1) is 0 Å². The number of fused-ring (bicyclic) bond motifs is 1. The van der Waals surface area contributed by atoms with Crippen LogP contribution in [0.25, 0.3) is 10.2 Å². The van der Waals surface area contributed by atoms with Crippen LogP contribution in [0.3, 0.4) is 0 Å². The highest BCUT2D eigenvalue weighted by Crippen LogP contribution is 2.34. The molecule has 0 atom stereocenters. The molecule has 0 bridgehead atoms. The van der Waals surface area contributed by atoms with Crippen molar-refractivity contribution >= 4 is 38.3 Å². The maximum Gasteiger partial charge on any atom is 0.183 e. The Bertz CT molecular complexity index is 505. The van der Waals surface area contributed by atoms with Gasteiger partial charge in [-0.25, -0.2) is 4.98 Å². The molecule has 1 aromatic heterocycles. The van der Waals surface area contributed by atoms with Gasteiger partial charge < -0.3 is 5.32 Å². The minimum absolute atomic E-state index is 0.744. The highest BCUT2D eigenvalue weighted by molar-refractivity contribution is 7.22. The van der Waals surface area contributed by atoms with E-state index in [-0.39, 0.29) is 0 Å². The zero-order valence-corrected chi connectivity index (χ0v) is 10.6. The molecule has 2 rings (SSSR count). The number of thiazole rings is 1. The van der Waals surface area contributed by atoms with Gasteiger partial charge >= 0.3 is 0 Å². The van der Waals surface area contributed by atoms with Crippen molar-refractivity contribution in [3.8, 4) is 0 Å². The fourth-order valence-corrected chi connectivity index (χ4v) is 2.98. The quantitative estimate of drug-likeness (QED) is 0.858. The van der Waals surface area contributed by atoms with Crippen molar-refractivity contribution in [2.45, 2.75) is 20.8 Å². The molecule has 0 saturated heterocycles. The molecular weight excluding hydrogens is 228 g/mol. The van der Waals surface area contributed by atoms with Crippen LogP contribution in [0.1, 0.15) is 18.1 Å². The molecule has 0 fully saturated rings. The van der Waals surface area contributed by atoms with Crippen molar-refractivity contribution in [3.05, 3.63) is 22.2 Å². The van der Waals surface area contributed by atoms with E-state index >= 15 is 0 Å². The molecule has 2 nitrogen and oxygen atoms in total. The molecule has 2 aromatic rings. The van der Waals surface area contributed by atoms with E-state index in [2.05, 4.69) is 31.1 Å². The Morgan fingerprint density at radius 3 is 2.87 bits per heavy atom. The highest BCUT2D eigenvalue weighted by Gasteiger charge is 2.10. The topological polar surface area (TPSA) is 24.9 Å². The second kappa shape index (κ2) is 3.99. The maximum atomic E-state index is 6.16. The van der Waals surface area contributed by atoms with E-state index in [1.165, 1.54) is 15.8 Å². The Morgan fingerprint density at radius 1 is 1.47 bits per heavy atom. The lowest BCUT2D eigenvalue weighted by Crippen LogP contribution is -1.94. The summed E-state index contributed by atoms with van der Waals surface area (Å²) in [5, 5.41) is 4.91. The summed E-state index contributed by atoms with van der Waals surface area (Å²) in [4.78, 5) is 4.48. The van der Waals surface area contributed by atoms with Crippen LogP contribution < -0.4 is 5.32 Å². The first-order chi connectivity index (χ1) is 7.13. The molecule has 0 radical (unpaired) electrons. The van der Waals surface area contributed by atoms with Gasteiger partial charge in [0.05, 0.1) is 9.72 Å². The van der Waals surface area contributed by atoms with Gasteiger partial charge in [0.1, 0.15) is 5.52 Å². The maximum absolute atomic E-state index is 6.16. The zero-order valence-electron chi connectivity index (χ0n) is 9.02. The van der Waals surface area contributed by atoms with E-state index in [4.69, 9.17) is 11.6 Å². The average molecular weight is 241 g/mol. The van der Waals surface area contributed by atoms with Gasteiger partial charge in [-0.3, -0.25) is 0 Å². The predicted octanol–water partition coefficient (Wildman–Crippen LogP) is 4.00. The van der Waals surface area contributed by atoms with Crippen LogP contribution in [0.5, 0.6) is 0 Å². The fourth-order valence-electron chi connectivity index (χ4n) is 1.51. The smallest absolute Gasteiger partial charge is 0.183 e. The lowest BCUT2D eigenvalue weighted by atomic mass is 10.1. The fraction of sp³-hybridized carbons (Fsp3) is 0.364. The zero-order chi connectivity index (χ0) is 11.0. The molecule has 0 saturated carbocycles. The Labute approximate surface area is 98.3 Å². The van der Waals surface area contributed by atoms with Crippen LogP contribution >= 0.6 is 22.9 Å². The summed E-state index contributed by atoms with van der Waals surface area (Å²) in [6.07, 6.45) is 0. The Balaban J connectivity index is 2.68. The molecule has 0 aliphatic heterocycles. The first kappa shape index (κ1) is 10.7. The second-order valence-electron chi connectivity index (χ2n) is 3.53. The molecule has 0 amide bonds. The molecular formula is C11H13ClN2S. The minimum atomic E-state index is 0.744. The van der Waals surface area contributed by atoms with Crippen LogP contribution in [0.2, 0.25) is 5.02 Å². The number of halogens is 1. The van der Waals surface area contributed by atoms with Gasteiger partial charge in [0.15, 0.2) is 5.13 Å². The van der Waals surface area contributed by atoms with Crippen molar-refractivity contribution in [1.82, 2.24) is 4.98 Å². The van der Waals surface area contributed by atoms with Gasteiger partial charge in [0.2, 0.25) is 0 Å². The molecule has 15 heavy (non-hydrogen) atoms. The number of aromatic nitrogens is 1. The average Bonchev–Trinajstić information content (AvgIpc) is 2.60. The van der Waals surface area contributed by atoms with Crippen LogP contribution in [0.15, 0.2) is 6.07 Å². The van der Waals surface area contributed by atoms with Crippen molar-refractivity contribution in [2.75, 3.05) is 11.9 Å². The van der Waals surface area contributed by atoms with Crippen LogP contribution in [-0.4, -0.2) is 11.5 Å². The molecule has 0 spiro atoms. The molecule has 80 valence electrons. The molecule has 0 unspecified atom stereocenters. The number of aryl methyl sites for hydroxylation is 2. The summed E-state index contributed by atoms with van der Waals surface area (Å²) in [6, 6.07) is 1.98. The van der Waals surface area contributed by atoms with Crippen molar-refractivity contribution in [3.63, 3.8) is 0 Å². The third-order valence-corrected chi connectivity index (χ3v) is 3.88. The SMILES string of the molecule is CCNc1nc2c(Cl)cc(C)c(C)c2s1. The van der Waals surface area contributed by atoms with Gasteiger partial charge in [0.25, 0.3) is 0 Å². The normalized spacial score (nSPS) is 10.9. The first-order valence-electron chi connectivity index (χ1n) is 4.93. The van der Waals surface area contributed by atoms with E-state index in [1.54, 1.807) is 11.3 Å². The minimum Gasteiger partial charge on any atom is -0.362 e. The molecule has 0 aliphatic rings. The molecule has 1 aromatic carbocycles. The summed E-state index contributed by atoms with van der Waals surface area (Å²) >= 11 is 7.83. The van der Waals surface area contributed by atoms with Crippen LogP contribution in [0, 0.1) is 13.8 Å². The van der Waals surface area contributed by atoms with Crippen molar-refractivity contribution < 1.29 is 0 Å². The standard InChI is InChI=1S/C11H13ClN2S/c1-4-13-11-14-9-8(12)5-6(2)7(3)10(9)15-11/h5H,4H2,1-3H3,(H,13,14). The van der Waals surface area contributed by atoms with Gasteiger partial charge in [-0.2, -0.15) is 0 Å². The molecule has 0 aliphatic carbocycles. The van der Waals surface area contributed by atoms with Crippen molar-refractivity contribution in [2.24, 2.45) is 0 Å². The number of benzene rings is 1. The summed E-state index contributed by atoms with van der Waals surface area (Å²) in [7, 11) is 0. The van der Waals surface area contributed by atoms with Gasteiger partial charge in [-0.1, -0.05) is 22.9 Å². The third-order valence-electron chi connectivity index (χ3n) is 2.46. The highest BCUT2D eigenvalue weighted by atomic mass is 35.5. The molecule has 4 heteroatoms. The Kier molecular flexibility index (Phi) is 2.85. The van der Waals surface area contributed by atoms with E-state index in [0.29, 0.717) is 0 Å². The van der Waals surface area contributed by atoms with Gasteiger partial charge in [-0.05, 0) is 38.0 Å². The summed E-state index contributed by atoms with van der Waals surface area (Å²) in [6.45, 7) is 7.14. The third kappa shape index (κ3) is 1.82. The van der Waals surface area contributed by atoms with Gasteiger partial charge in [0, 0.05) is 6.54 Å². The van der Waals surface area contributed by atoms with E-state index in [9.17, 15) is 0 Å². The Hall–Kier alpha value is -0.800. The Morgan fingerprint density at radius 2 is 2.20 bits per heavy atom. The van der Waals surface area contributed by atoms with E-state index in [1.807, 2.05) is 6.07 Å². The van der Waals surface area contributed by atoms with Crippen LogP contribution in [0.4, 0.5) is 5.13 Å². The number of anilines is 1. The lowest BCUT2D eigenvalue weighted by Gasteiger charge is -2.01. The number of hydrogen-bond donors (Lipinski definition) is 1. The largest absolute Gasteiger partial charge is 0.362 e. The first-order valence-corrected chi connectivity index (χ1v) is 6.13. The second-order valence-corrected chi connectivity index (χ2v) is 4.93. The van der Waals surface area contributed by atoms with E-state index in [0.717, 1.165) is 22.2 Å². The number of nitrogens with zero attached hydrogens (tertiary/aromatic N) is 1. The summed E-state index contributed by atoms with van der Waals surface area (Å²) in [5.74, 6) is 0. The van der Waals surface area contributed by atoms with E-state index < -0.39 is 0 Å². The number of hydrogen-bond acceptors (Lipinski definition) is 3. The lowest BCUT2D eigenvalue weighted by molar-refractivity contribution is 1.20. The summed E-state index contributed by atoms with van der Waals surface area (Å²) < 4.78 is 1.19. The predicted molar refractivity (Wildman–Crippen MR) is 68.3 cm³/mol. The summed E-state index contributed by atoms with van der Waals surface area (Å²) in [5.41, 5.74) is 3.41. The molecule has 1 heterocycles. The monoisotopic (exact) mass is 240 g/mol. The van der Waals surface area contributed by atoms with Crippen molar-refractivity contribution in [1.29, 1.82) is 0 Å². The molecule has 1 N–H and O–H groups in total. The number of rotatable bonds is 2.